The first kappa shape index (κ1) is 18.2. The van der Waals surface area contributed by atoms with Crippen LogP contribution in [0.25, 0.3) is 0 Å². The van der Waals surface area contributed by atoms with Crippen LogP contribution in [0.15, 0.2) is 47.4 Å². The van der Waals surface area contributed by atoms with Gasteiger partial charge < -0.3 is 5.32 Å². The SMILES string of the molecule is Cc1ccc(SCCCC(=O)Nc2cccc3c2C(=O)N(C)C3=O)cc1. The topological polar surface area (TPSA) is 66.5 Å². The standard InChI is InChI=1S/C20H20N2O3S/c1-13-8-10-14(11-9-13)26-12-4-7-17(23)21-16-6-3-5-15-18(16)20(25)22(2)19(15)24/h3,5-6,8-11H,4,7,12H2,1-2H3,(H,21,23). The fraction of sp³-hybridized carbons (Fsp3) is 0.250. The molecule has 0 saturated heterocycles. The zero-order valence-corrected chi connectivity index (χ0v) is 15.6. The van der Waals surface area contributed by atoms with E-state index in [-0.39, 0.29) is 23.3 Å². The van der Waals surface area contributed by atoms with E-state index >= 15 is 0 Å². The van der Waals surface area contributed by atoms with Crippen molar-refractivity contribution in [3.63, 3.8) is 0 Å². The lowest BCUT2D eigenvalue weighted by Crippen LogP contribution is -2.24. The molecule has 0 aliphatic carbocycles. The molecule has 0 atom stereocenters. The number of aryl methyl sites for hydroxylation is 1. The molecule has 0 unspecified atom stereocenters. The quantitative estimate of drug-likeness (QED) is 0.479. The van der Waals surface area contributed by atoms with E-state index in [1.54, 1.807) is 30.0 Å². The van der Waals surface area contributed by atoms with Crippen LogP contribution in [0, 0.1) is 6.92 Å². The van der Waals surface area contributed by atoms with Crippen molar-refractivity contribution in [2.24, 2.45) is 0 Å². The molecule has 1 heterocycles. The minimum Gasteiger partial charge on any atom is -0.325 e. The summed E-state index contributed by atoms with van der Waals surface area (Å²) in [6.45, 7) is 2.05. The van der Waals surface area contributed by atoms with Gasteiger partial charge in [-0.2, -0.15) is 0 Å². The largest absolute Gasteiger partial charge is 0.325 e. The van der Waals surface area contributed by atoms with Crippen LogP contribution in [-0.4, -0.2) is 35.4 Å². The Bertz CT molecular complexity index is 862. The number of rotatable bonds is 6. The van der Waals surface area contributed by atoms with Crippen LogP contribution >= 0.6 is 11.8 Å². The van der Waals surface area contributed by atoms with Crippen molar-refractivity contribution in [2.45, 2.75) is 24.7 Å². The molecular weight excluding hydrogens is 348 g/mol. The van der Waals surface area contributed by atoms with E-state index in [0.717, 1.165) is 17.1 Å². The lowest BCUT2D eigenvalue weighted by Gasteiger charge is -2.09. The lowest BCUT2D eigenvalue weighted by molar-refractivity contribution is -0.116. The number of hydrogen-bond acceptors (Lipinski definition) is 4. The van der Waals surface area contributed by atoms with Crippen LogP contribution in [0.2, 0.25) is 0 Å². The fourth-order valence-electron chi connectivity index (χ4n) is 2.78. The van der Waals surface area contributed by atoms with Crippen LogP contribution < -0.4 is 5.32 Å². The zero-order valence-electron chi connectivity index (χ0n) is 14.7. The molecule has 0 bridgehead atoms. The molecule has 0 aromatic heterocycles. The van der Waals surface area contributed by atoms with Crippen molar-refractivity contribution in [1.29, 1.82) is 0 Å². The summed E-state index contributed by atoms with van der Waals surface area (Å²) < 4.78 is 0. The highest BCUT2D eigenvalue weighted by atomic mass is 32.2. The first-order chi connectivity index (χ1) is 12.5. The second-order valence-corrected chi connectivity index (χ2v) is 7.38. The van der Waals surface area contributed by atoms with Crippen molar-refractivity contribution >= 4 is 35.2 Å². The normalized spacial score (nSPS) is 13.1. The average molecular weight is 368 g/mol. The van der Waals surface area contributed by atoms with E-state index in [0.29, 0.717) is 17.7 Å². The summed E-state index contributed by atoms with van der Waals surface area (Å²) in [5.74, 6) is -0.0343. The van der Waals surface area contributed by atoms with E-state index in [1.807, 2.05) is 0 Å². The average Bonchev–Trinajstić information content (AvgIpc) is 2.85. The molecule has 0 radical (unpaired) electrons. The Hall–Kier alpha value is -2.60. The van der Waals surface area contributed by atoms with Crippen molar-refractivity contribution in [2.75, 3.05) is 18.1 Å². The summed E-state index contributed by atoms with van der Waals surface area (Å²) in [5.41, 5.74) is 2.25. The predicted molar refractivity (Wildman–Crippen MR) is 103 cm³/mol. The minimum absolute atomic E-state index is 0.155. The molecule has 5 nitrogen and oxygen atoms in total. The number of carbonyl (C=O) groups is 3. The molecule has 0 saturated carbocycles. The second kappa shape index (κ2) is 7.74. The summed E-state index contributed by atoms with van der Waals surface area (Å²) in [4.78, 5) is 38.7. The van der Waals surface area contributed by atoms with Crippen molar-refractivity contribution in [3.8, 4) is 0 Å². The first-order valence-electron chi connectivity index (χ1n) is 8.42. The van der Waals surface area contributed by atoms with Gasteiger partial charge in [0, 0.05) is 18.4 Å². The summed E-state index contributed by atoms with van der Waals surface area (Å²) in [7, 11) is 1.44. The summed E-state index contributed by atoms with van der Waals surface area (Å²) >= 11 is 1.71. The van der Waals surface area contributed by atoms with Gasteiger partial charge in [-0.15, -0.1) is 11.8 Å². The van der Waals surface area contributed by atoms with Crippen LogP contribution in [0.5, 0.6) is 0 Å². The van der Waals surface area contributed by atoms with Crippen molar-refractivity contribution in [3.05, 3.63) is 59.2 Å². The number of nitrogens with one attached hydrogen (secondary N) is 1. The van der Waals surface area contributed by atoms with Gasteiger partial charge in [-0.1, -0.05) is 23.8 Å². The number of anilines is 1. The monoisotopic (exact) mass is 368 g/mol. The molecule has 1 N–H and O–H groups in total. The third kappa shape index (κ3) is 3.80. The van der Waals surface area contributed by atoms with Crippen molar-refractivity contribution < 1.29 is 14.4 Å². The number of imide groups is 1. The minimum atomic E-state index is -0.379. The third-order valence-corrected chi connectivity index (χ3v) is 5.33. The Morgan fingerprint density at radius 3 is 2.54 bits per heavy atom. The maximum Gasteiger partial charge on any atom is 0.263 e. The zero-order chi connectivity index (χ0) is 18.7. The lowest BCUT2D eigenvalue weighted by atomic mass is 10.1. The van der Waals surface area contributed by atoms with E-state index in [2.05, 4.69) is 36.5 Å². The van der Waals surface area contributed by atoms with Gasteiger partial charge in [0.05, 0.1) is 16.8 Å². The van der Waals surface area contributed by atoms with Gasteiger partial charge in [0.1, 0.15) is 0 Å². The molecule has 3 rings (SSSR count). The molecule has 2 aromatic rings. The van der Waals surface area contributed by atoms with Gasteiger partial charge in [-0.3, -0.25) is 19.3 Å². The number of fused-ring (bicyclic) bond motifs is 1. The molecule has 26 heavy (non-hydrogen) atoms. The first-order valence-corrected chi connectivity index (χ1v) is 9.40. The molecular formula is C20H20N2O3S. The number of benzene rings is 2. The van der Waals surface area contributed by atoms with E-state index in [9.17, 15) is 14.4 Å². The van der Waals surface area contributed by atoms with Crippen molar-refractivity contribution in [1.82, 2.24) is 4.90 Å². The van der Waals surface area contributed by atoms with Crippen LogP contribution in [0.3, 0.4) is 0 Å². The number of thioether (sulfide) groups is 1. The number of amides is 3. The van der Waals surface area contributed by atoms with Gasteiger partial charge in [0.15, 0.2) is 0 Å². The molecule has 1 aliphatic heterocycles. The van der Waals surface area contributed by atoms with Gasteiger partial charge in [-0.25, -0.2) is 0 Å². The maximum absolute atomic E-state index is 12.2. The second-order valence-electron chi connectivity index (χ2n) is 6.21. The fourth-order valence-corrected chi connectivity index (χ4v) is 3.63. The Morgan fingerprint density at radius 1 is 1.08 bits per heavy atom. The highest BCUT2D eigenvalue weighted by Gasteiger charge is 2.35. The van der Waals surface area contributed by atoms with Gasteiger partial charge >= 0.3 is 0 Å². The smallest absolute Gasteiger partial charge is 0.263 e. The Kier molecular flexibility index (Phi) is 5.42. The molecule has 134 valence electrons. The predicted octanol–water partition coefficient (Wildman–Crippen LogP) is 3.73. The number of carbonyl (C=O) groups excluding carboxylic acids is 3. The third-order valence-electron chi connectivity index (χ3n) is 4.23. The number of hydrogen-bond donors (Lipinski definition) is 1. The molecule has 6 heteroatoms. The van der Waals surface area contributed by atoms with Crippen LogP contribution in [-0.2, 0) is 4.79 Å². The molecule has 3 amide bonds. The Morgan fingerprint density at radius 2 is 1.81 bits per heavy atom. The van der Waals surface area contributed by atoms with Gasteiger partial charge in [0.25, 0.3) is 11.8 Å². The van der Waals surface area contributed by atoms with Gasteiger partial charge in [0.2, 0.25) is 5.91 Å². The molecule has 0 spiro atoms. The van der Waals surface area contributed by atoms with E-state index in [1.165, 1.54) is 17.5 Å². The maximum atomic E-state index is 12.2. The highest BCUT2D eigenvalue weighted by Crippen LogP contribution is 2.28. The van der Waals surface area contributed by atoms with E-state index < -0.39 is 0 Å². The summed E-state index contributed by atoms with van der Waals surface area (Å²) in [5, 5.41) is 2.77. The Labute approximate surface area is 156 Å². The molecule has 0 fully saturated rings. The summed E-state index contributed by atoms with van der Waals surface area (Å²) in [6, 6.07) is 13.2. The molecule has 1 aliphatic rings. The Balaban J connectivity index is 1.54. The molecule has 2 aromatic carbocycles. The number of nitrogens with zero attached hydrogens (tertiary/aromatic N) is 1. The van der Waals surface area contributed by atoms with Crippen LogP contribution in [0.4, 0.5) is 5.69 Å². The van der Waals surface area contributed by atoms with Crippen LogP contribution in [0.1, 0.15) is 39.1 Å². The highest BCUT2D eigenvalue weighted by molar-refractivity contribution is 7.99. The van der Waals surface area contributed by atoms with Gasteiger partial charge in [-0.05, 0) is 43.4 Å². The summed E-state index contributed by atoms with van der Waals surface area (Å²) in [6.07, 6.45) is 1.09. The van der Waals surface area contributed by atoms with E-state index in [4.69, 9.17) is 0 Å².